The lowest BCUT2D eigenvalue weighted by molar-refractivity contribution is 0.999. The molecule has 2 heterocycles. The molecule has 2 aromatic rings. The fourth-order valence-corrected chi connectivity index (χ4v) is 2.15. The van der Waals surface area contributed by atoms with Crippen LogP contribution in [0.15, 0.2) is 34.1 Å². The first-order valence-corrected chi connectivity index (χ1v) is 6.00. The van der Waals surface area contributed by atoms with Crippen molar-refractivity contribution in [2.24, 2.45) is 4.99 Å². The van der Waals surface area contributed by atoms with E-state index in [4.69, 9.17) is 0 Å². The maximum Gasteiger partial charge on any atom is 0.273 e. The normalized spacial score (nSPS) is 14.9. The number of benzene rings is 1. The molecule has 0 fully saturated rings. The van der Waals surface area contributed by atoms with Crippen molar-refractivity contribution in [2.45, 2.75) is 0 Å². The summed E-state index contributed by atoms with van der Waals surface area (Å²) in [7, 11) is 3.77. The molecule has 1 aromatic heterocycles. The second kappa shape index (κ2) is 4.28. The summed E-state index contributed by atoms with van der Waals surface area (Å²) in [5, 5.41) is 5.48. The number of nitrogens with zero attached hydrogens (tertiary/aromatic N) is 2. The zero-order valence-electron chi connectivity index (χ0n) is 10.8. The van der Waals surface area contributed by atoms with E-state index in [1.807, 2.05) is 49.3 Å². The fourth-order valence-electron chi connectivity index (χ4n) is 2.15. The second-order valence-corrected chi connectivity index (χ2v) is 4.61. The van der Waals surface area contributed by atoms with Crippen molar-refractivity contribution in [3.63, 3.8) is 0 Å². The van der Waals surface area contributed by atoms with Gasteiger partial charge in [0.05, 0.1) is 11.3 Å². The molecule has 0 saturated heterocycles. The van der Waals surface area contributed by atoms with Crippen LogP contribution in [0, 0.1) is 0 Å². The van der Waals surface area contributed by atoms with E-state index in [9.17, 15) is 4.79 Å². The molecule has 1 aromatic carbocycles. The van der Waals surface area contributed by atoms with E-state index in [1.54, 1.807) is 6.21 Å². The summed E-state index contributed by atoms with van der Waals surface area (Å²) in [6.45, 7) is 0. The Hall–Kier alpha value is -2.56. The Morgan fingerprint density at radius 1 is 1.21 bits per heavy atom. The van der Waals surface area contributed by atoms with Gasteiger partial charge >= 0.3 is 0 Å². The standard InChI is InChI=1S/C14H14N4O/c1-18(2)13-11(14(19)17-16-13)7-9-8-15-12-6-4-3-5-10(9)12/h3-8H,1-2H3,(H2,16,17,19). The summed E-state index contributed by atoms with van der Waals surface area (Å²) in [4.78, 5) is 18.0. The SMILES string of the molecule is CN(C)c1[nH][nH]c(=O)c1C=C1C=Nc2ccccc21. The van der Waals surface area contributed by atoms with Gasteiger partial charge in [-0.15, -0.1) is 0 Å². The van der Waals surface area contributed by atoms with E-state index < -0.39 is 0 Å². The van der Waals surface area contributed by atoms with Gasteiger partial charge in [0.25, 0.3) is 5.56 Å². The molecule has 1 aliphatic heterocycles. The van der Waals surface area contributed by atoms with E-state index in [2.05, 4.69) is 15.2 Å². The van der Waals surface area contributed by atoms with Crippen LogP contribution in [0.2, 0.25) is 0 Å². The third-order valence-electron chi connectivity index (χ3n) is 3.10. The van der Waals surface area contributed by atoms with E-state index in [1.165, 1.54) is 0 Å². The average molecular weight is 254 g/mol. The molecule has 0 saturated carbocycles. The maximum absolute atomic E-state index is 11.8. The molecular formula is C14H14N4O. The van der Waals surface area contributed by atoms with Crippen LogP contribution in [0.4, 0.5) is 11.5 Å². The van der Waals surface area contributed by atoms with Crippen LogP contribution in [0.3, 0.4) is 0 Å². The number of allylic oxidation sites excluding steroid dienone is 1. The minimum absolute atomic E-state index is 0.131. The number of rotatable bonds is 2. The third kappa shape index (κ3) is 1.89. The number of aromatic amines is 2. The molecule has 0 spiro atoms. The average Bonchev–Trinajstić information content (AvgIpc) is 2.96. The van der Waals surface area contributed by atoms with Gasteiger partial charge in [-0.2, -0.15) is 0 Å². The Bertz CT molecular complexity index is 734. The molecule has 96 valence electrons. The lowest BCUT2D eigenvalue weighted by atomic mass is 10.1. The van der Waals surface area contributed by atoms with Crippen LogP contribution in [0.1, 0.15) is 11.1 Å². The summed E-state index contributed by atoms with van der Waals surface area (Å²) >= 11 is 0. The van der Waals surface area contributed by atoms with E-state index in [0.717, 1.165) is 22.6 Å². The van der Waals surface area contributed by atoms with Gasteiger partial charge in [0.15, 0.2) is 0 Å². The molecule has 1 aliphatic rings. The van der Waals surface area contributed by atoms with Gasteiger partial charge in [0, 0.05) is 31.4 Å². The highest BCUT2D eigenvalue weighted by Crippen LogP contribution is 2.32. The van der Waals surface area contributed by atoms with Crippen LogP contribution in [-0.4, -0.2) is 30.5 Å². The number of hydrogen-bond acceptors (Lipinski definition) is 3. The van der Waals surface area contributed by atoms with Crippen molar-refractivity contribution >= 4 is 29.4 Å². The monoisotopic (exact) mass is 254 g/mol. The van der Waals surface area contributed by atoms with Gasteiger partial charge in [0.1, 0.15) is 5.82 Å². The largest absolute Gasteiger partial charge is 0.363 e. The Balaban J connectivity index is 2.12. The quantitative estimate of drug-likeness (QED) is 0.861. The first-order valence-electron chi connectivity index (χ1n) is 6.00. The molecule has 2 N–H and O–H groups in total. The van der Waals surface area contributed by atoms with Crippen molar-refractivity contribution in [1.29, 1.82) is 0 Å². The summed E-state index contributed by atoms with van der Waals surface area (Å²) < 4.78 is 0. The summed E-state index contributed by atoms with van der Waals surface area (Å²) in [6, 6.07) is 7.88. The number of aromatic nitrogens is 2. The predicted molar refractivity (Wildman–Crippen MR) is 78.2 cm³/mol. The Morgan fingerprint density at radius 3 is 2.79 bits per heavy atom. The van der Waals surface area contributed by atoms with Crippen LogP contribution < -0.4 is 10.5 Å². The molecular weight excluding hydrogens is 240 g/mol. The Kier molecular flexibility index (Phi) is 2.59. The molecule has 3 rings (SSSR count). The molecule has 0 aliphatic carbocycles. The fraction of sp³-hybridized carbons (Fsp3) is 0.143. The summed E-state index contributed by atoms with van der Waals surface area (Å²) in [5.41, 5.74) is 3.42. The first kappa shape index (κ1) is 11.5. The number of para-hydroxylation sites is 1. The number of aliphatic imine (C=N–C) groups is 1. The minimum atomic E-state index is -0.131. The highest BCUT2D eigenvalue weighted by molar-refractivity contribution is 6.21. The third-order valence-corrected chi connectivity index (χ3v) is 3.10. The van der Waals surface area contributed by atoms with E-state index in [-0.39, 0.29) is 5.56 Å². The summed E-state index contributed by atoms with van der Waals surface area (Å²) in [5.74, 6) is 0.760. The van der Waals surface area contributed by atoms with Crippen molar-refractivity contribution in [2.75, 3.05) is 19.0 Å². The number of anilines is 1. The van der Waals surface area contributed by atoms with Crippen LogP contribution in [0.5, 0.6) is 0 Å². The van der Waals surface area contributed by atoms with E-state index >= 15 is 0 Å². The number of H-pyrrole nitrogens is 2. The molecule has 5 heteroatoms. The van der Waals surface area contributed by atoms with Crippen LogP contribution >= 0.6 is 0 Å². The van der Waals surface area contributed by atoms with Gasteiger partial charge < -0.3 is 4.90 Å². The van der Waals surface area contributed by atoms with Crippen molar-refractivity contribution in [3.05, 3.63) is 45.7 Å². The van der Waals surface area contributed by atoms with Gasteiger partial charge in [0.2, 0.25) is 0 Å². The smallest absolute Gasteiger partial charge is 0.273 e. The zero-order chi connectivity index (χ0) is 13.4. The Morgan fingerprint density at radius 2 is 2.00 bits per heavy atom. The minimum Gasteiger partial charge on any atom is -0.363 e. The number of nitrogens with one attached hydrogen (secondary N) is 2. The Labute approximate surface area is 110 Å². The van der Waals surface area contributed by atoms with Crippen LogP contribution in [0.25, 0.3) is 11.6 Å². The molecule has 0 bridgehead atoms. The van der Waals surface area contributed by atoms with Crippen molar-refractivity contribution < 1.29 is 0 Å². The predicted octanol–water partition coefficient (Wildman–Crippen LogP) is 2.03. The molecule has 0 unspecified atom stereocenters. The first-order chi connectivity index (χ1) is 9.16. The lowest BCUT2D eigenvalue weighted by Crippen LogP contribution is -2.12. The molecule has 19 heavy (non-hydrogen) atoms. The highest BCUT2D eigenvalue weighted by atomic mass is 16.1. The van der Waals surface area contributed by atoms with Crippen molar-refractivity contribution in [3.8, 4) is 0 Å². The van der Waals surface area contributed by atoms with Crippen molar-refractivity contribution in [1.82, 2.24) is 10.2 Å². The van der Waals surface area contributed by atoms with Gasteiger partial charge in [-0.3, -0.25) is 20.0 Å². The van der Waals surface area contributed by atoms with Gasteiger partial charge in [-0.25, -0.2) is 0 Å². The van der Waals surface area contributed by atoms with E-state index in [0.29, 0.717) is 5.56 Å². The number of hydrogen-bond donors (Lipinski definition) is 2. The van der Waals surface area contributed by atoms with Gasteiger partial charge in [-0.05, 0) is 12.1 Å². The molecule has 0 amide bonds. The maximum atomic E-state index is 11.8. The van der Waals surface area contributed by atoms with Crippen LogP contribution in [-0.2, 0) is 0 Å². The highest BCUT2D eigenvalue weighted by Gasteiger charge is 2.15. The number of fused-ring (bicyclic) bond motifs is 1. The molecule has 0 radical (unpaired) electrons. The lowest BCUT2D eigenvalue weighted by Gasteiger charge is -2.10. The van der Waals surface area contributed by atoms with Gasteiger partial charge in [-0.1, -0.05) is 18.2 Å². The topological polar surface area (TPSA) is 64.2 Å². The molecule has 0 atom stereocenters. The second-order valence-electron chi connectivity index (χ2n) is 4.61. The zero-order valence-corrected chi connectivity index (χ0v) is 10.8. The summed E-state index contributed by atoms with van der Waals surface area (Å²) in [6.07, 6.45) is 3.65. The molecule has 5 nitrogen and oxygen atoms in total.